The molecule has 0 aliphatic carbocycles. The number of carbonyl (C=O) groups is 1. The molecule has 0 aliphatic rings. The molecule has 1 amide bonds. The van der Waals surface area contributed by atoms with Gasteiger partial charge in [0.1, 0.15) is 11.6 Å². The van der Waals surface area contributed by atoms with Crippen molar-refractivity contribution in [2.75, 3.05) is 26.0 Å². The lowest BCUT2D eigenvalue weighted by atomic mass is 9.97. The average Bonchev–Trinajstić information content (AvgIpc) is 3.17. The molecule has 9 heteroatoms. The standard InChI is InChI=1S/C23H20ClFN4OS.ClH/c1-29(2)12-20(30)28-19-7-6-14(11-26-19)8-16-10-18-23(27-13-31-18)21(22(16)25)15-4-3-5-17(24)9-15;/h3-7,9-11,13H,8,12H2,1-2H3,(H,26,28,30);1H. The summed E-state index contributed by atoms with van der Waals surface area (Å²) in [5.74, 6) is 0.00994. The third-order valence-corrected chi connectivity index (χ3v) is 5.71. The number of halogens is 3. The highest BCUT2D eigenvalue weighted by atomic mass is 35.5. The average molecular weight is 491 g/mol. The summed E-state index contributed by atoms with van der Waals surface area (Å²) in [6, 6.07) is 12.5. The number of nitrogens with zero attached hydrogens (tertiary/aromatic N) is 3. The van der Waals surface area contributed by atoms with Crippen LogP contribution in [0.5, 0.6) is 0 Å². The number of thiazole rings is 1. The molecule has 0 aliphatic heterocycles. The van der Waals surface area contributed by atoms with Crippen LogP contribution in [0.3, 0.4) is 0 Å². The lowest BCUT2D eigenvalue weighted by Crippen LogP contribution is -2.27. The van der Waals surface area contributed by atoms with E-state index in [1.807, 2.05) is 32.3 Å². The van der Waals surface area contributed by atoms with Gasteiger partial charge in [-0.1, -0.05) is 29.8 Å². The maximum absolute atomic E-state index is 15.6. The zero-order valence-corrected chi connectivity index (χ0v) is 19.8. The first kappa shape index (κ1) is 24.1. The maximum Gasteiger partial charge on any atom is 0.239 e. The topological polar surface area (TPSA) is 58.1 Å². The Bertz CT molecular complexity index is 1240. The Balaban J connectivity index is 0.00000289. The molecule has 0 bridgehead atoms. The molecular formula is C23H21Cl2FN4OS. The molecule has 166 valence electrons. The summed E-state index contributed by atoms with van der Waals surface area (Å²) in [5, 5.41) is 3.29. The van der Waals surface area contributed by atoms with Gasteiger partial charge in [0.2, 0.25) is 5.91 Å². The van der Waals surface area contributed by atoms with E-state index in [9.17, 15) is 4.79 Å². The van der Waals surface area contributed by atoms with Crippen molar-refractivity contribution in [1.82, 2.24) is 14.9 Å². The molecule has 0 atom stereocenters. The van der Waals surface area contributed by atoms with Gasteiger partial charge in [0, 0.05) is 23.2 Å². The maximum atomic E-state index is 15.6. The highest BCUT2D eigenvalue weighted by molar-refractivity contribution is 7.16. The number of rotatable bonds is 6. The number of amides is 1. The lowest BCUT2D eigenvalue weighted by molar-refractivity contribution is -0.116. The second-order valence-electron chi connectivity index (χ2n) is 7.45. The van der Waals surface area contributed by atoms with Gasteiger partial charge in [0.05, 0.1) is 22.3 Å². The van der Waals surface area contributed by atoms with Gasteiger partial charge in [-0.3, -0.25) is 4.79 Å². The summed E-state index contributed by atoms with van der Waals surface area (Å²) in [6.45, 7) is 0.274. The summed E-state index contributed by atoms with van der Waals surface area (Å²) in [4.78, 5) is 22.3. The van der Waals surface area contributed by atoms with Crippen molar-refractivity contribution in [3.05, 3.63) is 76.1 Å². The van der Waals surface area contributed by atoms with Gasteiger partial charge < -0.3 is 10.2 Å². The Kier molecular flexibility index (Phi) is 7.79. The number of pyridine rings is 1. The minimum absolute atomic E-state index is 0. The van der Waals surface area contributed by atoms with E-state index in [1.165, 1.54) is 11.3 Å². The van der Waals surface area contributed by atoms with E-state index in [-0.39, 0.29) is 30.7 Å². The predicted octanol–water partition coefficient (Wildman–Crippen LogP) is 5.66. The van der Waals surface area contributed by atoms with Crippen LogP contribution in [0.15, 0.2) is 54.2 Å². The van der Waals surface area contributed by atoms with E-state index >= 15 is 4.39 Å². The minimum Gasteiger partial charge on any atom is -0.310 e. The third-order valence-electron chi connectivity index (χ3n) is 4.70. The predicted molar refractivity (Wildman–Crippen MR) is 131 cm³/mol. The van der Waals surface area contributed by atoms with Gasteiger partial charge in [-0.05, 0) is 55.1 Å². The van der Waals surface area contributed by atoms with Crippen LogP contribution in [0.2, 0.25) is 5.02 Å². The summed E-state index contributed by atoms with van der Waals surface area (Å²) >= 11 is 7.61. The molecule has 32 heavy (non-hydrogen) atoms. The number of hydrogen-bond acceptors (Lipinski definition) is 5. The molecule has 2 heterocycles. The van der Waals surface area contributed by atoms with E-state index in [0.29, 0.717) is 39.5 Å². The third kappa shape index (κ3) is 5.42. The SMILES string of the molecule is CN(C)CC(=O)Nc1ccc(Cc2cc3scnc3c(-c3cccc(Cl)c3)c2F)cn1.Cl. The molecule has 0 saturated heterocycles. The van der Waals surface area contributed by atoms with E-state index < -0.39 is 0 Å². The second kappa shape index (κ2) is 10.4. The number of fused-ring (bicyclic) bond motifs is 1. The lowest BCUT2D eigenvalue weighted by Gasteiger charge is -2.12. The summed E-state index contributed by atoms with van der Waals surface area (Å²) in [6.07, 6.45) is 2.02. The van der Waals surface area contributed by atoms with Gasteiger partial charge in [-0.15, -0.1) is 23.7 Å². The highest BCUT2D eigenvalue weighted by Gasteiger charge is 2.18. The number of anilines is 1. The number of likely N-dealkylation sites (N-methyl/N-ethyl adjacent to an activating group) is 1. The van der Waals surface area contributed by atoms with Crippen molar-refractivity contribution < 1.29 is 9.18 Å². The van der Waals surface area contributed by atoms with Crippen LogP contribution >= 0.6 is 35.3 Å². The van der Waals surface area contributed by atoms with E-state index in [4.69, 9.17) is 11.6 Å². The highest BCUT2D eigenvalue weighted by Crippen LogP contribution is 2.36. The van der Waals surface area contributed by atoms with Crippen LogP contribution in [0.25, 0.3) is 21.3 Å². The monoisotopic (exact) mass is 490 g/mol. The van der Waals surface area contributed by atoms with Gasteiger partial charge in [-0.25, -0.2) is 14.4 Å². The Hall–Kier alpha value is -2.58. The van der Waals surface area contributed by atoms with Gasteiger partial charge in [0.25, 0.3) is 0 Å². The van der Waals surface area contributed by atoms with Gasteiger partial charge in [-0.2, -0.15) is 0 Å². The molecule has 0 saturated carbocycles. The quantitative estimate of drug-likeness (QED) is 0.378. The smallest absolute Gasteiger partial charge is 0.239 e. The fourth-order valence-electron chi connectivity index (χ4n) is 3.36. The van der Waals surface area contributed by atoms with Gasteiger partial charge in [0.15, 0.2) is 0 Å². The first-order valence-corrected chi connectivity index (χ1v) is 10.9. The number of carbonyl (C=O) groups excluding carboxylic acids is 1. The van der Waals surface area contributed by atoms with E-state index in [0.717, 1.165) is 10.3 Å². The zero-order chi connectivity index (χ0) is 22.0. The molecule has 0 spiro atoms. The molecule has 0 radical (unpaired) electrons. The second-order valence-corrected chi connectivity index (χ2v) is 8.77. The van der Waals surface area contributed by atoms with Crippen LogP contribution in [0.1, 0.15) is 11.1 Å². The van der Waals surface area contributed by atoms with Crippen molar-refractivity contribution in [3.63, 3.8) is 0 Å². The normalized spacial score (nSPS) is 10.9. The van der Waals surface area contributed by atoms with Crippen molar-refractivity contribution in [1.29, 1.82) is 0 Å². The molecular weight excluding hydrogens is 470 g/mol. The first-order chi connectivity index (χ1) is 14.9. The largest absolute Gasteiger partial charge is 0.310 e. The molecule has 0 unspecified atom stereocenters. The number of aromatic nitrogens is 2. The van der Waals surface area contributed by atoms with E-state index in [2.05, 4.69) is 15.3 Å². The van der Waals surface area contributed by atoms with Crippen LogP contribution < -0.4 is 5.32 Å². The van der Waals surface area contributed by atoms with Crippen molar-refractivity contribution in [2.24, 2.45) is 0 Å². The molecule has 2 aromatic carbocycles. The Labute approximate surface area is 200 Å². The molecule has 4 rings (SSSR count). The molecule has 1 N–H and O–H groups in total. The Morgan fingerprint density at radius 3 is 2.69 bits per heavy atom. The molecule has 5 nitrogen and oxygen atoms in total. The van der Waals surface area contributed by atoms with Crippen molar-refractivity contribution >= 4 is 57.3 Å². The van der Waals surface area contributed by atoms with Gasteiger partial charge >= 0.3 is 0 Å². The van der Waals surface area contributed by atoms with Crippen LogP contribution in [-0.4, -0.2) is 41.4 Å². The zero-order valence-electron chi connectivity index (χ0n) is 17.4. The Morgan fingerprint density at radius 1 is 1.19 bits per heavy atom. The van der Waals surface area contributed by atoms with Crippen molar-refractivity contribution in [2.45, 2.75) is 6.42 Å². The van der Waals surface area contributed by atoms with Crippen molar-refractivity contribution in [3.8, 4) is 11.1 Å². The summed E-state index contributed by atoms with van der Waals surface area (Å²) in [5.41, 5.74) is 4.89. The number of benzene rings is 2. The molecule has 0 fully saturated rings. The first-order valence-electron chi connectivity index (χ1n) is 9.60. The fourth-order valence-corrected chi connectivity index (χ4v) is 4.30. The Morgan fingerprint density at radius 2 is 2.00 bits per heavy atom. The summed E-state index contributed by atoms with van der Waals surface area (Å²) < 4.78 is 16.5. The summed E-state index contributed by atoms with van der Waals surface area (Å²) in [7, 11) is 3.64. The minimum atomic E-state index is -0.316. The molecule has 2 aromatic heterocycles. The fraction of sp³-hybridized carbons (Fsp3) is 0.174. The van der Waals surface area contributed by atoms with Crippen LogP contribution in [0, 0.1) is 5.82 Å². The van der Waals surface area contributed by atoms with Crippen LogP contribution in [-0.2, 0) is 11.2 Å². The van der Waals surface area contributed by atoms with E-state index in [1.54, 1.807) is 40.9 Å². The molecule has 4 aromatic rings. The van der Waals surface area contributed by atoms with Crippen LogP contribution in [0.4, 0.5) is 10.2 Å². The number of nitrogens with one attached hydrogen (secondary N) is 1. The number of hydrogen-bond donors (Lipinski definition) is 1.